The topological polar surface area (TPSA) is 29.1 Å². The second-order valence-electron chi connectivity index (χ2n) is 3.67. The Balaban J connectivity index is 2.34. The Morgan fingerprint density at radius 2 is 1.79 bits per heavy atom. The predicted octanol–water partition coefficient (Wildman–Crippen LogP) is 4.52. The maximum atomic E-state index is 13.5. The first-order chi connectivity index (χ1) is 8.99. The Morgan fingerprint density at radius 1 is 1.05 bits per heavy atom. The lowest BCUT2D eigenvalue weighted by atomic mass is 10.2. The third-order valence-corrected chi connectivity index (χ3v) is 2.92. The monoisotopic (exact) mass is 301 g/mol. The first kappa shape index (κ1) is 13.8. The van der Waals surface area contributed by atoms with Crippen LogP contribution in [0.4, 0.5) is 14.5 Å². The van der Waals surface area contributed by atoms with Crippen LogP contribution >= 0.6 is 23.2 Å². The molecule has 0 aliphatic heterocycles. The number of hydrogen-bond donors (Lipinski definition) is 1. The van der Waals surface area contributed by atoms with Gasteiger partial charge in [-0.1, -0.05) is 29.3 Å². The van der Waals surface area contributed by atoms with Gasteiger partial charge in [0.1, 0.15) is 11.6 Å². The molecule has 19 heavy (non-hydrogen) atoms. The van der Waals surface area contributed by atoms with Crippen LogP contribution in [0.2, 0.25) is 10.0 Å². The zero-order chi connectivity index (χ0) is 14.0. The molecular weight excluding hydrogens is 295 g/mol. The molecule has 0 radical (unpaired) electrons. The molecule has 0 saturated heterocycles. The predicted molar refractivity (Wildman–Crippen MR) is 70.8 cm³/mol. The van der Waals surface area contributed by atoms with Gasteiger partial charge in [-0.2, -0.15) is 0 Å². The number of nitrogens with one attached hydrogen (secondary N) is 1. The van der Waals surface area contributed by atoms with Gasteiger partial charge in [0.05, 0.1) is 16.3 Å². The van der Waals surface area contributed by atoms with Crippen LogP contribution in [-0.4, -0.2) is 5.91 Å². The summed E-state index contributed by atoms with van der Waals surface area (Å²) >= 11 is 11.4. The van der Waals surface area contributed by atoms with Crippen LogP contribution in [0, 0.1) is 11.6 Å². The third kappa shape index (κ3) is 3.03. The Kier molecular flexibility index (Phi) is 4.02. The van der Waals surface area contributed by atoms with Gasteiger partial charge in [0.25, 0.3) is 5.91 Å². The molecule has 0 aliphatic carbocycles. The van der Waals surface area contributed by atoms with E-state index in [1.165, 1.54) is 24.3 Å². The Labute approximate surface area is 118 Å². The van der Waals surface area contributed by atoms with Crippen molar-refractivity contribution in [1.82, 2.24) is 0 Å². The van der Waals surface area contributed by atoms with Gasteiger partial charge in [-0.25, -0.2) is 8.78 Å². The number of carbonyl (C=O) groups excluding carboxylic acids is 1. The van der Waals surface area contributed by atoms with E-state index in [0.29, 0.717) is 0 Å². The fraction of sp³-hybridized carbons (Fsp3) is 0. The normalized spacial score (nSPS) is 10.3. The fourth-order valence-electron chi connectivity index (χ4n) is 1.49. The van der Waals surface area contributed by atoms with Gasteiger partial charge < -0.3 is 5.32 Å². The highest BCUT2D eigenvalue weighted by atomic mass is 35.5. The van der Waals surface area contributed by atoms with Gasteiger partial charge in [0.2, 0.25) is 0 Å². The summed E-state index contributed by atoms with van der Waals surface area (Å²) in [5.74, 6) is -2.30. The number of amides is 1. The van der Waals surface area contributed by atoms with E-state index in [0.717, 1.165) is 12.1 Å². The van der Waals surface area contributed by atoms with Gasteiger partial charge >= 0.3 is 0 Å². The second kappa shape index (κ2) is 5.55. The number of halogens is 4. The molecule has 0 spiro atoms. The molecule has 0 aliphatic rings. The van der Waals surface area contributed by atoms with Crippen LogP contribution in [0.3, 0.4) is 0 Å². The third-order valence-electron chi connectivity index (χ3n) is 2.37. The van der Waals surface area contributed by atoms with E-state index in [1.54, 1.807) is 0 Å². The molecule has 0 heterocycles. The van der Waals surface area contributed by atoms with Crippen molar-refractivity contribution in [2.24, 2.45) is 0 Å². The number of carbonyl (C=O) groups is 1. The highest BCUT2D eigenvalue weighted by molar-refractivity contribution is 6.34. The maximum absolute atomic E-state index is 13.5. The average Bonchev–Trinajstić information content (AvgIpc) is 2.33. The highest BCUT2D eigenvalue weighted by Crippen LogP contribution is 2.23. The van der Waals surface area contributed by atoms with Crippen molar-refractivity contribution in [2.45, 2.75) is 0 Å². The van der Waals surface area contributed by atoms with Crippen LogP contribution < -0.4 is 5.32 Å². The first-order valence-electron chi connectivity index (χ1n) is 5.19. The molecule has 2 rings (SSSR count). The summed E-state index contributed by atoms with van der Waals surface area (Å²) < 4.78 is 27.0. The smallest absolute Gasteiger partial charge is 0.260 e. The standard InChI is InChI=1S/C13H7Cl2F2NO/c14-7-4-5-9(16)11(6-7)18-13(19)12-8(15)2-1-3-10(12)17/h1-6H,(H,18,19). The minimum absolute atomic E-state index is 0.0556. The van der Waals surface area contributed by atoms with Crippen molar-refractivity contribution in [3.8, 4) is 0 Å². The van der Waals surface area contributed by atoms with Crippen molar-refractivity contribution in [1.29, 1.82) is 0 Å². The SMILES string of the molecule is O=C(Nc1cc(Cl)ccc1F)c1c(F)cccc1Cl. The number of anilines is 1. The molecule has 0 fully saturated rings. The minimum atomic E-state index is -0.843. The molecule has 2 nitrogen and oxygen atoms in total. The van der Waals surface area contributed by atoms with Crippen molar-refractivity contribution >= 4 is 34.8 Å². The van der Waals surface area contributed by atoms with E-state index in [9.17, 15) is 13.6 Å². The van der Waals surface area contributed by atoms with Gasteiger partial charge in [0.15, 0.2) is 0 Å². The highest BCUT2D eigenvalue weighted by Gasteiger charge is 2.17. The largest absolute Gasteiger partial charge is 0.319 e. The van der Waals surface area contributed by atoms with Crippen LogP contribution in [0.1, 0.15) is 10.4 Å². The lowest BCUT2D eigenvalue weighted by Crippen LogP contribution is -2.15. The Hall–Kier alpha value is -1.65. The molecule has 0 bridgehead atoms. The van der Waals surface area contributed by atoms with Crippen LogP contribution in [-0.2, 0) is 0 Å². The molecule has 1 N–H and O–H groups in total. The molecule has 0 atom stereocenters. The summed E-state index contributed by atoms with van der Waals surface area (Å²) in [5.41, 5.74) is -0.486. The molecule has 2 aromatic rings. The number of benzene rings is 2. The van der Waals surface area contributed by atoms with E-state index < -0.39 is 17.5 Å². The van der Waals surface area contributed by atoms with Crippen molar-refractivity contribution in [3.05, 3.63) is 63.6 Å². The first-order valence-corrected chi connectivity index (χ1v) is 5.95. The van der Waals surface area contributed by atoms with Crippen molar-refractivity contribution < 1.29 is 13.6 Å². The van der Waals surface area contributed by atoms with Gasteiger partial charge in [-0.05, 0) is 30.3 Å². The lowest BCUT2D eigenvalue weighted by Gasteiger charge is -2.08. The van der Waals surface area contributed by atoms with Gasteiger partial charge in [-0.3, -0.25) is 4.79 Å². The lowest BCUT2D eigenvalue weighted by molar-refractivity contribution is 0.102. The van der Waals surface area contributed by atoms with Gasteiger partial charge in [0, 0.05) is 5.02 Å². The Bertz CT molecular complexity index is 626. The summed E-state index contributed by atoms with van der Waals surface area (Å²) in [6, 6.07) is 7.49. The van der Waals surface area contributed by atoms with E-state index in [-0.39, 0.29) is 21.3 Å². The molecule has 6 heteroatoms. The van der Waals surface area contributed by atoms with E-state index in [1.807, 2.05) is 0 Å². The summed E-state index contributed by atoms with van der Waals surface area (Å²) in [4.78, 5) is 11.9. The Morgan fingerprint density at radius 3 is 2.47 bits per heavy atom. The molecule has 98 valence electrons. The van der Waals surface area contributed by atoms with Crippen LogP contribution in [0.5, 0.6) is 0 Å². The maximum Gasteiger partial charge on any atom is 0.260 e. The van der Waals surface area contributed by atoms with E-state index in [4.69, 9.17) is 23.2 Å². The molecular formula is C13H7Cl2F2NO. The average molecular weight is 302 g/mol. The summed E-state index contributed by atoms with van der Waals surface area (Å²) in [6.07, 6.45) is 0. The zero-order valence-electron chi connectivity index (χ0n) is 9.38. The zero-order valence-corrected chi connectivity index (χ0v) is 10.9. The quantitative estimate of drug-likeness (QED) is 0.868. The summed E-state index contributed by atoms with van der Waals surface area (Å²) in [5, 5.41) is 2.42. The molecule has 0 saturated carbocycles. The van der Waals surface area contributed by atoms with Crippen LogP contribution in [0.25, 0.3) is 0 Å². The second-order valence-corrected chi connectivity index (χ2v) is 4.52. The van der Waals surface area contributed by atoms with Crippen molar-refractivity contribution in [3.63, 3.8) is 0 Å². The summed E-state index contributed by atoms with van der Waals surface area (Å²) in [7, 11) is 0. The molecule has 0 unspecified atom stereocenters. The molecule has 0 aromatic heterocycles. The van der Waals surface area contributed by atoms with Gasteiger partial charge in [-0.15, -0.1) is 0 Å². The van der Waals surface area contributed by atoms with E-state index >= 15 is 0 Å². The number of hydrogen-bond acceptors (Lipinski definition) is 1. The fourth-order valence-corrected chi connectivity index (χ4v) is 1.91. The van der Waals surface area contributed by atoms with Crippen molar-refractivity contribution in [2.75, 3.05) is 5.32 Å². The number of rotatable bonds is 2. The minimum Gasteiger partial charge on any atom is -0.319 e. The van der Waals surface area contributed by atoms with Crippen LogP contribution in [0.15, 0.2) is 36.4 Å². The summed E-state index contributed by atoms with van der Waals surface area (Å²) in [6.45, 7) is 0. The molecule has 2 aromatic carbocycles. The van der Waals surface area contributed by atoms with E-state index in [2.05, 4.69) is 5.32 Å². The molecule has 1 amide bonds.